The molecule has 1 saturated carbocycles. The van der Waals surface area contributed by atoms with Crippen LogP contribution in [0.4, 0.5) is 5.69 Å². The molecule has 3 aliphatic rings. The Morgan fingerprint density at radius 1 is 1.33 bits per heavy atom. The molecule has 39 heavy (non-hydrogen) atoms. The van der Waals surface area contributed by atoms with Gasteiger partial charge in [-0.15, -0.1) is 11.3 Å². The Bertz CT molecular complexity index is 1250. The van der Waals surface area contributed by atoms with Crippen molar-refractivity contribution in [1.29, 1.82) is 0 Å². The smallest absolute Gasteiger partial charge is 0.335 e. The molecule has 1 heterocycles. The Morgan fingerprint density at radius 3 is 2.79 bits per heavy atom. The summed E-state index contributed by atoms with van der Waals surface area (Å²) >= 11 is 5.18. The van der Waals surface area contributed by atoms with E-state index in [9.17, 15) is 14.5 Å². The van der Waals surface area contributed by atoms with E-state index in [1.165, 1.54) is 11.1 Å². The summed E-state index contributed by atoms with van der Waals surface area (Å²) in [6.45, 7) is 12.0. The average molecular weight is 571 g/mol. The molecule has 2 aliphatic carbocycles. The molecule has 0 amide bonds. The zero-order valence-electron chi connectivity index (χ0n) is 23.0. The summed E-state index contributed by atoms with van der Waals surface area (Å²) < 4.78 is 22.3. The van der Waals surface area contributed by atoms with Gasteiger partial charge in [-0.2, -0.15) is 0 Å². The molecule has 5 atom stereocenters. The van der Waals surface area contributed by atoms with Crippen LogP contribution < -0.4 is 14.4 Å². The van der Waals surface area contributed by atoms with E-state index in [0.29, 0.717) is 18.4 Å². The third kappa shape index (κ3) is 5.69. The van der Waals surface area contributed by atoms with Crippen molar-refractivity contribution in [2.24, 2.45) is 11.8 Å². The highest BCUT2D eigenvalue weighted by Crippen LogP contribution is 2.46. The van der Waals surface area contributed by atoms with Gasteiger partial charge in [0.1, 0.15) is 10.5 Å². The van der Waals surface area contributed by atoms with Gasteiger partial charge < -0.3 is 19.3 Å². The molecular weight excluding hydrogens is 532 g/mol. The van der Waals surface area contributed by atoms with Crippen LogP contribution in [0.3, 0.4) is 0 Å². The van der Waals surface area contributed by atoms with Gasteiger partial charge in [0.25, 0.3) is 0 Å². The minimum atomic E-state index is -1.19. The van der Waals surface area contributed by atoms with Crippen molar-refractivity contribution >= 4 is 34.6 Å². The molecule has 2 aromatic carbocycles. The van der Waals surface area contributed by atoms with Gasteiger partial charge in [0.05, 0.1) is 23.9 Å². The summed E-state index contributed by atoms with van der Waals surface area (Å²) in [7, 11) is 0. The summed E-state index contributed by atoms with van der Waals surface area (Å²) in [5, 5.41) is 10.5. The Balaban J connectivity index is 1.47. The SMILES string of the molecule is C=C[C@H](N[S+]([O-])C(C)(C)C)[C@@H]1CC[C@H]1CN1C[C@@]2(CCCc3cc(Cl)ccc32)COc2ccc(C(=O)O)cc21. The van der Waals surface area contributed by atoms with Crippen molar-refractivity contribution < 1.29 is 19.2 Å². The quantitative estimate of drug-likeness (QED) is 0.307. The molecule has 0 aromatic heterocycles. The number of hydrogen-bond acceptors (Lipinski definition) is 5. The number of rotatable bonds is 7. The Hall–Kier alpha value is -2.19. The van der Waals surface area contributed by atoms with Gasteiger partial charge in [0, 0.05) is 34.9 Å². The first kappa shape index (κ1) is 28.3. The van der Waals surface area contributed by atoms with Crippen molar-refractivity contribution in [2.75, 3.05) is 24.6 Å². The van der Waals surface area contributed by atoms with Crippen LogP contribution in [0, 0.1) is 11.8 Å². The van der Waals surface area contributed by atoms with Crippen LogP contribution in [0.2, 0.25) is 5.02 Å². The summed E-state index contributed by atoms with van der Waals surface area (Å²) in [5.41, 5.74) is 3.43. The van der Waals surface area contributed by atoms with Crippen LogP contribution in [0.1, 0.15) is 67.9 Å². The van der Waals surface area contributed by atoms with E-state index < -0.39 is 17.3 Å². The number of carbonyl (C=O) groups is 1. The number of anilines is 1. The number of hydrogen-bond donors (Lipinski definition) is 2. The molecule has 1 fully saturated rings. The maximum Gasteiger partial charge on any atom is 0.335 e. The van der Waals surface area contributed by atoms with Crippen LogP contribution in [-0.2, 0) is 23.2 Å². The van der Waals surface area contributed by atoms with Crippen LogP contribution in [0.25, 0.3) is 0 Å². The summed E-state index contributed by atoms with van der Waals surface area (Å²) in [6, 6.07) is 11.3. The second-order valence-corrected chi connectivity index (χ2v) is 14.8. The molecule has 6 nitrogen and oxygen atoms in total. The third-order valence-electron chi connectivity index (χ3n) is 8.73. The topological polar surface area (TPSA) is 84.9 Å². The molecule has 0 bridgehead atoms. The fourth-order valence-electron chi connectivity index (χ4n) is 6.44. The van der Waals surface area contributed by atoms with Crippen molar-refractivity contribution in [3.63, 3.8) is 0 Å². The van der Waals surface area contributed by atoms with E-state index in [1.54, 1.807) is 18.2 Å². The lowest BCUT2D eigenvalue weighted by atomic mass is 9.68. The minimum Gasteiger partial charge on any atom is -0.598 e. The molecule has 2 aromatic rings. The number of halogens is 1. The third-order valence-corrected chi connectivity index (χ3v) is 10.6. The number of aryl methyl sites for hydroxylation is 1. The van der Waals surface area contributed by atoms with Crippen molar-refractivity contribution in [1.82, 2.24) is 4.72 Å². The minimum absolute atomic E-state index is 0.0524. The van der Waals surface area contributed by atoms with E-state index in [4.69, 9.17) is 16.3 Å². The molecular formula is C31H39ClN2O4S. The van der Waals surface area contributed by atoms with Gasteiger partial charge in [-0.25, -0.2) is 4.79 Å². The van der Waals surface area contributed by atoms with Crippen LogP contribution in [0.5, 0.6) is 5.75 Å². The van der Waals surface area contributed by atoms with E-state index in [0.717, 1.165) is 61.7 Å². The number of aromatic carboxylic acids is 1. The van der Waals surface area contributed by atoms with Crippen molar-refractivity contribution in [3.05, 3.63) is 70.8 Å². The number of nitrogens with zero attached hydrogens (tertiary/aromatic N) is 1. The lowest BCUT2D eigenvalue weighted by molar-refractivity contribution is 0.0697. The zero-order valence-corrected chi connectivity index (χ0v) is 24.6. The molecule has 1 aliphatic heterocycles. The number of fused-ring (bicyclic) bond motifs is 3. The summed E-state index contributed by atoms with van der Waals surface area (Å²) in [4.78, 5) is 14.3. The van der Waals surface area contributed by atoms with Crippen LogP contribution in [-0.4, -0.2) is 46.1 Å². The lowest BCUT2D eigenvalue weighted by Crippen LogP contribution is -2.53. The number of nitrogens with one attached hydrogen (secondary N) is 1. The summed E-state index contributed by atoms with van der Waals surface area (Å²) in [5.74, 6) is 0.428. The molecule has 0 saturated heterocycles. The number of carboxylic acid groups (broad SMARTS) is 1. The maximum absolute atomic E-state index is 12.9. The first-order valence-electron chi connectivity index (χ1n) is 13.9. The predicted octanol–water partition coefficient (Wildman–Crippen LogP) is 6.14. The normalized spacial score (nSPS) is 25.9. The molecule has 2 N–H and O–H groups in total. The standard InChI is InChI=1S/C31H39ClN2O4S/c1-5-26(33-39(37)30(2,3)4)24-11-8-22(24)17-34-18-31(14-6-7-20-15-23(32)10-12-25(20)31)19-38-28-13-9-21(29(35)36)16-27(28)34/h5,9-10,12-13,15-16,22,24,26,33H,1,6-8,11,14,17-19H2,2-4H3,(H,35,36)/t22-,24+,26-,31-,39?/m0/s1. The number of benzene rings is 2. The Kier molecular flexibility index (Phi) is 7.99. The molecule has 0 radical (unpaired) electrons. The lowest BCUT2D eigenvalue weighted by Gasteiger charge is -2.46. The predicted molar refractivity (Wildman–Crippen MR) is 158 cm³/mol. The fourth-order valence-corrected chi connectivity index (χ4v) is 7.50. The maximum atomic E-state index is 12.9. The van der Waals surface area contributed by atoms with E-state index >= 15 is 0 Å². The van der Waals surface area contributed by atoms with Crippen LogP contribution >= 0.6 is 11.6 Å². The molecule has 8 heteroatoms. The van der Waals surface area contributed by atoms with Gasteiger partial charge in [-0.3, -0.25) is 0 Å². The van der Waals surface area contributed by atoms with Gasteiger partial charge in [0.2, 0.25) is 0 Å². The Morgan fingerprint density at radius 2 is 2.13 bits per heavy atom. The molecule has 5 rings (SSSR count). The molecule has 210 valence electrons. The zero-order chi connectivity index (χ0) is 27.9. The fraction of sp³-hybridized carbons (Fsp3) is 0.516. The largest absolute Gasteiger partial charge is 0.598 e. The van der Waals surface area contributed by atoms with Gasteiger partial charge in [-0.05, 0) is 106 Å². The second-order valence-electron chi connectivity index (χ2n) is 12.4. The summed E-state index contributed by atoms with van der Waals surface area (Å²) in [6.07, 6.45) is 7.03. The van der Waals surface area contributed by atoms with Gasteiger partial charge in [0.15, 0.2) is 0 Å². The monoisotopic (exact) mass is 570 g/mol. The Labute approximate surface area is 240 Å². The van der Waals surface area contributed by atoms with Crippen molar-refractivity contribution in [2.45, 2.75) is 69.1 Å². The van der Waals surface area contributed by atoms with Gasteiger partial charge in [-0.1, -0.05) is 23.7 Å². The number of ether oxygens (including phenoxy) is 1. The van der Waals surface area contributed by atoms with E-state index in [1.807, 2.05) is 32.9 Å². The highest BCUT2D eigenvalue weighted by Gasteiger charge is 2.45. The second kappa shape index (κ2) is 11.0. The first-order chi connectivity index (χ1) is 18.5. The highest BCUT2D eigenvalue weighted by molar-refractivity contribution is 7.90. The highest BCUT2D eigenvalue weighted by atomic mass is 35.5. The van der Waals surface area contributed by atoms with Crippen LogP contribution in [0.15, 0.2) is 49.1 Å². The average Bonchev–Trinajstić information content (AvgIpc) is 3.02. The van der Waals surface area contributed by atoms with E-state index in [-0.39, 0.29) is 21.8 Å². The van der Waals surface area contributed by atoms with Gasteiger partial charge >= 0.3 is 5.97 Å². The molecule has 1 unspecified atom stereocenters. The number of carboxylic acids is 1. The first-order valence-corrected chi connectivity index (χ1v) is 15.4. The van der Waals surface area contributed by atoms with Crippen molar-refractivity contribution in [3.8, 4) is 5.75 Å². The van der Waals surface area contributed by atoms with E-state index in [2.05, 4.69) is 28.3 Å². The molecule has 1 spiro atoms.